The van der Waals surface area contributed by atoms with Crippen molar-refractivity contribution in [2.45, 2.75) is 25.7 Å². The van der Waals surface area contributed by atoms with Crippen molar-refractivity contribution in [2.24, 2.45) is 0 Å². The zero-order valence-electron chi connectivity index (χ0n) is 10.3. The van der Waals surface area contributed by atoms with Crippen molar-refractivity contribution in [3.05, 3.63) is 33.3 Å². The van der Waals surface area contributed by atoms with Gasteiger partial charge in [0.25, 0.3) is 0 Å². The lowest BCUT2D eigenvalue weighted by Gasteiger charge is -2.28. The summed E-state index contributed by atoms with van der Waals surface area (Å²) < 4.78 is 12.4. The predicted octanol–water partition coefficient (Wildman–Crippen LogP) is 3.00. The van der Waals surface area contributed by atoms with E-state index in [-0.39, 0.29) is 12.2 Å². The minimum absolute atomic E-state index is 0.128. The SMILES string of the molecule is CC1CNCC(COCc2ccc(Br)cc2Cl)O1. The zero-order valence-corrected chi connectivity index (χ0v) is 12.6. The smallest absolute Gasteiger partial charge is 0.0936 e. The maximum absolute atomic E-state index is 6.12. The molecule has 0 saturated carbocycles. The van der Waals surface area contributed by atoms with E-state index in [9.17, 15) is 0 Å². The van der Waals surface area contributed by atoms with Crippen LogP contribution in [0.25, 0.3) is 0 Å². The molecule has 0 radical (unpaired) electrons. The largest absolute Gasteiger partial charge is 0.374 e. The standard InChI is InChI=1S/C13H17BrClNO2/c1-9-5-16-6-12(18-9)8-17-7-10-2-3-11(14)4-13(10)15/h2-4,9,12,16H,5-8H2,1H3. The average Bonchev–Trinajstić information content (AvgIpc) is 2.32. The summed E-state index contributed by atoms with van der Waals surface area (Å²) in [5.41, 5.74) is 0.997. The second-order valence-corrected chi connectivity index (χ2v) is 5.80. The first kappa shape index (κ1) is 14.3. The third kappa shape index (κ3) is 4.21. The van der Waals surface area contributed by atoms with Gasteiger partial charge in [-0.15, -0.1) is 0 Å². The van der Waals surface area contributed by atoms with E-state index < -0.39 is 0 Å². The molecule has 1 saturated heterocycles. The highest BCUT2D eigenvalue weighted by molar-refractivity contribution is 9.10. The van der Waals surface area contributed by atoms with E-state index in [2.05, 4.69) is 28.2 Å². The summed E-state index contributed by atoms with van der Waals surface area (Å²) in [5, 5.41) is 4.04. The Morgan fingerprint density at radius 3 is 3.06 bits per heavy atom. The lowest BCUT2D eigenvalue weighted by molar-refractivity contribution is -0.0716. The highest BCUT2D eigenvalue weighted by Gasteiger charge is 2.18. The quantitative estimate of drug-likeness (QED) is 0.918. The fourth-order valence-electron chi connectivity index (χ4n) is 1.91. The van der Waals surface area contributed by atoms with Gasteiger partial charge in [-0.1, -0.05) is 33.6 Å². The van der Waals surface area contributed by atoms with Gasteiger partial charge >= 0.3 is 0 Å². The van der Waals surface area contributed by atoms with E-state index in [1.165, 1.54) is 0 Å². The van der Waals surface area contributed by atoms with E-state index in [0.717, 1.165) is 28.1 Å². The highest BCUT2D eigenvalue weighted by Crippen LogP contribution is 2.22. The van der Waals surface area contributed by atoms with Crippen LogP contribution in [0.1, 0.15) is 12.5 Å². The van der Waals surface area contributed by atoms with Crippen molar-refractivity contribution in [1.82, 2.24) is 5.32 Å². The van der Waals surface area contributed by atoms with Crippen molar-refractivity contribution in [3.63, 3.8) is 0 Å². The number of benzene rings is 1. The Morgan fingerprint density at radius 1 is 1.50 bits per heavy atom. The van der Waals surface area contributed by atoms with Gasteiger partial charge in [0.05, 0.1) is 25.4 Å². The van der Waals surface area contributed by atoms with Crippen LogP contribution in [-0.4, -0.2) is 31.9 Å². The molecule has 2 rings (SSSR count). The topological polar surface area (TPSA) is 30.5 Å². The Labute approximate surface area is 121 Å². The Balaban J connectivity index is 1.77. The molecular weight excluding hydrogens is 318 g/mol. The van der Waals surface area contributed by atoms with Gasteiger partial charge in [0.2, 0.25) is 0 Å². The summed E-state index contributed by atoms with van der Waals surface area (Å²) in [6.45, 7) is 4.92. The van der Waals surface area contributed by atoms with E-state index >= 15 is 0 Å². The van der Waals surface area contributed by atoms with E-state index in [1.54, 1.807) is 0 Å². The number of nitrogens with one attached hydrogen (secondary N) is 1. The molecule has 1 aliphatic heterocycles. The molecule has 3 nitrogen and oxygen atoms in total. The molecule has 100 valence electrons. The summed E-state index contributed by atoms with van der Waals surface area (Å²) in [6.07, 6.45) is 0.381. The van der Waals surface area contributed by atoms with E-state index in [4.69, 9.17) is 21.1 Å². The third-order valence-electron chi connectivity index (χ3n) is 2.80. The zero-order chi connectivity index (χ0) is 13.0. The van der Waals surface area contributed by atoms with Gasteiger partial charge < -0.3 is 14.8 Å². The van der Waals surface area contributed by atoms with Crippen LogP contribution in [0.5, 0.6) is 0 Å². The van der Waals surface area contributed by atoms with Crippen molar-refractivity contribution < 1.29 is 9.47 Å². The normalized spacial score (nSPS) is 24.2. The first-order valence-corrected chi connectivity index (χ1v) is 7.20. The highest BCUT2D eigenvalue weighted by atomic mass is 79.9. The van der Waals surface area contributed by atoms with Crippen LogP contribution in [0.15, 0.2) is 22.7 Å². The molecule has 1 aromatic carbocycles. The van der Waals surface area contributed by atoms with Crippen LogP contribution >= 0.6 is 27.5 Å². The van der Waals surface area contributed by atoms with Gasteiger partial charge in [-0.25, -0.2) is 0 Å². The third-order valence-corrected chi connectivity index (χ3v) is 3.65. The predicted molar refractivity (Wildman–Crippen MR) is 76.0 cm³/mol. The Morgan fingerprint density at radius 2 is 2.33 bits per heavy atom. The van der Waals surface area contributed by atoms with E-state index in [0.29, 0.717) is 13.2 Å². The van der Waals surface area contributed by atoms with Crippen molar-refractivity contribution in [3.8, 4) is 0 Å². The monoisotopic (exact) mass is 333 g/mol. The molecule has 0 aliphatic carbocycles. The van der Waals surface area contributed by atoms with Crippen LogP contribution in [-0.2, 0) is 16.1 Å². The molecule has 2 unspecified atom stereocenters. The molecule has 1 N–H and O–H groups in total. The van der Waals surface area contributed by atoms with Crippen molar-refractivity contribution in [1.29, 1.82) is 0 Å². The van der Waals surface area contributed by atoms with Crippen molar-refractivity contribution in [2.75, 3.05) is 19.7 Å². The summed E-state index contributed by atoms with van der Waals surface area (Å²) in [6, 6.07) is 5.81. The molecule has 0 amide bonds. The molecule has 1 fully saturated rings. The van der Waals surface area contributed by atoms with Gasteiger partial charge in [-0.3, -0.25) is 0 Å². The molecule has 18 heavy (non-hydrogen) atoms. The van der Waals surface area contributed by atoms with E-state index in [1.807, 2.05) is 18.2 Å². The van der Waals surface area contributed by atoms with Gasteiger partial charge in [0.1, 0.15) is 0 Å². The number of hydrogen-bond donors (Lipinski definition) is 1. The summed E-state index contributed by atoms with van der Waals surface area (Å²) in [5.74, 6) is 0. The van der Waals surface area contributed by atoms with Crippen LogP contribution in [0, 0.1) is 0 Å². The molecule has 5 heteroatoms. The molecule has 2 atom stereocenters. The van der Waals surface area contributed by atoms with Crippen LogP contribution in [0.4, 0.5) is 0 Å². The molecule has 1 aliphatic rings. The molecule has 0 spiro atoms. The number of halogens is 2. The number of ether oxygens (including phenoxy) is 2. The minimum Gasteiger partial charge on any atom is -0.374 e. The lowest BCUT2D eigenvalue weighted by atomic mass is 10.2. The second-order valence-electron chi connectivity index (χ2n) is 4.48. The second kappa shape index (κ2) is 6.87. The lowest BCUT2D eigenvalue weighted by Crippen LogP contribution is -2.45. The molecule has 1 aromatic rings. The maximum Gasteiger partial charge on any atom is 0.0936 e. The van der Waals surface area contributed by atoms with Gasteiger partial charge in [0, 0.05) is 22.6 Å². The fourth-order valence-corrected chi connectivity index (χ4v) is 2.64. The Bertz CT molecular complexity index is 403. The van der Waals surface area contributed by atoms with Gasteiger partial charge in [-0.05, 0) is 24.6 Å². The fraction of sp³-hybridized carbons (Fsp3) is 0.538. The first-order chi connectivity index (χ1) is 8.65. The molecular formula is C13H17BrClNO2. The Hall–Kier alpha value is -0.130. The van der Waals surface area contributed by atoms with Crippen LogP contribution in [0.3, 0.4) is 0 Å². The molecule has 0 aromatic heterocycles. The summed E-state index contributed by atoms with van der Waals surface area (Å²) >= 11 is 9.50. The number of hydrogen-bond acceptors (Lipinski definition) is 3. The van der Waals surface area contributed by atoms with Gasteiger partial charge in [0.15, 0.2) is 0 Å². The molecule has 0 bridgehead atoms. The summed E-state index contributed by atoms with van der Waals surface area (Å²) in [4.78, 5) is 0. The van der Waals surface area contributed by atoms with Gasteiger partial charge in [-0.2, -0.15) is 0 Å². The van der Waals surface area contributed by atoms with Crippen molar-refractivity contribution >= 4 is 27.5 Å². The minimum atomic E-state index is 0.128. The maximum atomic E-state index is 6.12. The Kier molecular flexibility index (Phi) is 5.45. The summed E-state index contributed by atoms with van der Waals surface area (Å²) in [7, 11) is 0. The first-order valence-electron chi connectivity index (χ1n) is 6.03. The molecule has 1 heterocycles. The average molecular weight is 335 g/mol. The number of rotatable bonds is 4. The van der Waals surface area contributed by atoms with Crippen LogP contribution in [0.2, 0.25) is 5.02 Å². The van der Waals surface area contributed by atoms with Crippen LogP contribution < -0.4 is 5.32 Å². The number of morpholine rings is 1.